The van der Waals surface area contributed by atoms with Crippen molar-refractivity contribution in [2.45, 2.75) is 34.6 Å². The molecule has 3 nitrogen and oxygen atoms in total. The second-order valence-electron chi connectivity index (χ2n) is 7.79. The fraction of sp³-hybridized carbons (Fsp3) is 0.286. The fourth-order valence-corrected chi connectivity index (χ4v) is 5.17. The first-order chi connectivity index (χ1) is 16.1. The van der Waals surface area contributed by atoms with Crippen molar-refractivity contribution in [1.29, 1.82) is 0 Å². The maximum absolute atomic E-state index is 5.74. The van der Waals surface area contributed by atoms with Crippen LogP contribution in [0.4, 0.5) is 0 Å². The van der Waals surface area contributed by atoms with Crippen LogP contribution in [0.2, 0.25) is 0 Å². The number of nitrogens with zero attached hydrogens (tertiary/aromatic N) is 2. The zero-order valence-electron chi connectivity index (χ0n) is 21.1. The number of hydrogen-bond acceptors (Lipinski definition) is 3. The van der Waals surface area contributed by atoms with Gasteiger partial charge in [-0.25, -0.2) is 0 Å². The van der Waals surface area contributed by atoms with E-state index in [4.69, 9.17) is 24.1 Å². The van der Waals surface area contributed by atoms with E-state index in [0.717, 1.165) is 35.5 Å². The van der Waals surface area contributed by atoms with Gasteiger partial charge in [0.2, 0.25) is 0 Å². The molecule has 0 aromatic heterocycles. The monoisotopic (exact) mass is 589 g/mol. The van der Waals surface area contributed by atoms with Gasteiger partial charge in [0.25, 0.3) is 0 Å². The molecular weight excluding hydrogens is 552 g/mol. The summed E-state index contributed by atoms with van der Waals surface area (Å²) in [5, 5.41) is 0. The summed E-state index contributed by atoms with van der Waals surface area (Å²) in [6.45, 7) is 22.4. The van der Waals surface area contributed by atoms with E-state index >= 15 is 0 Å². The number of benzene rings is 1. The summed E-state index contributed by atoms with van der Waals surface area (Å²) < 4.78 is 6.99. The molecule has 0 saturated carbocycles. The molecule has 34 heavy (non-hydrogen) atoms. The van der Waals surface area contributed by atoms with Crippen LogP contribution >= 0.6 is 19.4 Å². The van der Waals surface area contributed by atoms with Gasteiger partial charge < -0.3 is 9.80 Å². The molecular formula is C28H37Cl2N2ORu-. The molecule has 0 bridgehead atoms. The molecule has 1 saturated heterocycles. The Morgan fingerprint density at radius 3 is 2.18 bits per heavy atom. The summed E-state index contributed by atoms with van der Waals surface area (Å²) in [6.07, 6.45) is 10.6. The normalized spacial score (nSPS) is 15.2. The van der Waals surface area contributed by atoms with Gasteiger partial charge in [-0.05, 0) is 46.3 Å². The first-order valence-corrected chi connectivity index (χ1v) is 16.5. The maximum atomic E-state index is 5.74. The van der Waals surface area contributed by atoms with Crippen LogP contribution in [0.5, 0.6) is 5.75 Å². The minimum atomic E-state index is -1.74. The van der Waals surface area contributed by atoms with Crippen LogP contribution in [-0.4, -0.2) is 34.6 Å². The molecule has 2 rings (SSSR count). The number of ether oxygens (including phenoxy) is 1. The van der Waals surface area contributed by atoms with E-state index in [1.54, 1.807) is 7.11 Å². The van der Waals surface area contributed by atoms with E-state index in [-0.39, 0.29) is 0 Å². The van der Waals surface area contributed by atoms with Crippen molar-refractivity contribution in [3.05, 3.63) is 108 Å². The zero-order valence-corrected chi connectivity index (χ0v) is 24.3. The van der Waals surface area contributed by atoms with E-state index in [9.17, 15) is 0 Å². The number of methoxy groups -OCH3 is 1. The molecule has 1 aliphatic heterocycles. The first-order valence-electron chi connectivity index (χ1n) is 11.0. The van der Waals surface area contributed by atoms with Crippen molar-refractivity contribution in [2.24, 2.45) is 0 Å². The molecule has 0 unspecified atom stereocenters. The molecule has 0 radical (unpaired) electrons. The summed E-state index contributed by atoms with van der Waals surface area (Å²) in [7, 11) is 13.1. The van der Waals surface area contributed by atoms with Crippen LogP contribution in [0.1, 0.15) is 40.2 Å². The predicted octanol–water partition coefficient (Wildman–Crippen LogP) is 7.96. The molecule has 0 spiro atoms. The Balaban J connectivity index is 0.000000404. The quantitative estimate of drug-likeness (QED) is 0.174. The van der Waals surface area contributed by atoms with Gasteiger partial charge in [-0.1, -0.05) is 48.6 Å². The van der Waals surface area contributed by atoms with Crippen LogP contribution < -0.4 is 4.74 Å². The Bertz CT molecular complexity index is 1000. The van der Waals surface area contributed by atoms with Crippen LogP contribution in [0, 0.1) is 6.67 Å². The molecule has 1 fully saturated rings. The number of rotatable bonds is 8. The SMILES string of the molecule is C=C(C)/C=C\C(=C\C)N1[CH-]N(C(=C\C)/C(C)=C\C(=C)C)CC1.COc1ccccc1[CH]=[Ru]([Cl])[Cl]. The topological polar surface area (TPSA) is 15.7 Å². The third-order valence-electron chi connectivity index (χ3n) is 4.80. The molecule has 1 aromatic carbocycles. The molecule has 1 aliphatic rings. The number of allylic oxidation sites excluding steroid dienone is 8. The van der Waals surface area contributed by atoms with Crippen molar-refractivity contribution < 1.29 is 18.3 Å². The molecule has 0 N–H and O–H groups in total. The van der Waals surface area contributed by atoms with Crippen molar-refractivity contribution in [1.82, 2.24) is 9.80 Å². The van der Waals surface area contributed by atoms with E-state index in [1.165, 1.54) is 17.0 Å². The van der Waals surface area contributed by atoms with Gasteiger partial charge >= 0.3 is 84.9 Å². The zero-order chi connectivity index (χ0) is 25.7. The van der Waals surface area contributed by atoms with Gasteiger partial charge in [-0.3, -0.25) is 0 Å². The molecule has 1 heterocycles. The van der Waals surface area contributed by atoms with Gasteiger partial charge in [-0.2, -0.15) is 6.67 Å². The predicted molar refractivity (Wildman–Crippen MR) is 148 cm³/mol. The number of halogens is 2. The van der Waals surface area contributed by atoms with Crippen molar-refractivity contribution in [3.63, 3.8) is 0 Å². The van der Waals surface area contributed by atoms with Crippen LogP contribution in [0.15, 0.2) is 95.9 Å². The average molecular weight is 590 g/mol. The fourth-order valence-electron chi connectivity index (χ4n) is 3.36. The molecule has 188 valence electrons. The summed E-state index contributed by atoms with van der Waals surface area (Å²) in [6, 6.07) is 7.66. The second kappa shape index (κ2) is 15.9. The van der Waals surface area contributed by atoms with Crippen molar-refractivity contribution >= 4 is 24.0 Å². The second-order valence-corrected chi connectivity index (χ2v) is 13.5. The Kier molecular flexibility index (Phi) is 14.1. The summed E-state index contributed by atoms with van der Waals surface area (Å²) in [4.78, 5) is 4.57. The summed E-state index contributed by atoms with van der Waals surface area (Å²) in [5.74, 6) is 0.817. The Hall–Kier alpha value is -1.87. The van der Waals surface area contributed by atoms with Crippen LogP contribution in [0.25, 0.3) is 0 Å². The molecule has 6 heteroatoms. The van der Waals surface area contributed by atoms with Gasteiger partial charge in [0, 0.05) is 24.5 Å². The standard InChI is InChI=1S/C20H29N2.C8H8O.2ClH.Ru/c1-8-19(11-10-16(3)4)21-12-13-22(15-21)20(9-2)18(7)14-17(5)6;1-7-5-3-4-6-8(7)9-2;;;/h8-11,14-15H,3,5,12-13H2,1-2,4,6-7H3;1,3-6H,2H3;2*1H;/q-1;;;;+2/p-2/b11-10-,18-14-,19-8-,20-9-;;;;. The minimum absolute atomic E-state index is 0.817. The molecule has 0 amide bonds. The van der Waals surface area contributed by atoms with Crippen LogP contribution in [0.3, 0.4) is 0 Å². The van der Waals surface area contributed by atoms with Gasteiger partial charge in [-0.15, -0.1) is 0 Å². The molecule has 0 atom stereocenters. The van der Waals surface area contributed by atoms with Crippen molar-refractivity contribution in [2.75, 3.05) is 20.2 Å². The summed E-state index contributed by atoms with van der Waals surface area (Å²) >= 11 is -1.74. The van der Waals surface area contributed by atoms with Crippen LogP contribution in [-0.2, 0) is 13.5 Å². The van der Waals surface area contributed by atoms with Gasteiger partial charge in [0.05, 0.1) is 0 Å². The van der Waals surface area contributed by atoms with Gasteiger partial charge in [0.1, 0.15) is 0 Å². The number of para-hydroxylation sites is 1. The molecule has 1 aromatic rings. The third kappa shape index (κ3) is 10.6. The first kappa shape index (κ1) is 30.2. The van der Waals surface area contributed by atoms with E-state index in [0.29, 0.717) is 0 Å². The Morgan fingerprint density at radius 2 is 1.65 bits per heavy atom. The van der Waals surface area contributed by atoms with Crippen molar-refractivity contribution in [3.8, 4) is 5.75 Å². The average Bonchev–Trinajstić information content (AvgIpc) is 3.24. The Morgan fingerprint density at radius 1 is 1.00 bits per heavy atom. The number of hydrogen-bond donors (Lipinski definition) is 0. The summed E-state index contributed by atoms with van der Waals surface area (Å²) in [5.41, 5.74) is 6.79. The van der Waals surface area contributed by atoms with Gasteiger partial charge in [0.15, 0.2) is 0 Å². The van der Waals surface area contributed by atoms with E-state index in [1.807, 2.05) is 42.7 Å². The third-order valence-corrected chi connectivity index (χ3v) is 6.64. The van der Waals surface area contributed by atoms with E-state index < -0.39 is 13.5 Å². The van der Waals surface area contributed by atoms with E-state index in [2.05, 4.69) is 80.8 Å². The molecule has 0 aliphatic carbocycles. The Labute approximate surface area is 219 Å².